The van der Waals surface area contributed by atoms with Crippen LogP contribution in [0.5, 0.6) is 0 Å². The van der Waals surface area contributed by atoms with E-state index in [9.17, 15) is 13.2 Å². The van der Waals surface area contributed by atoms with Crippen LogP contribution in [0, 0.1) is 0 Å². The van der Waals surface area contributed by atoms with Crippen molar-refractivity contribution in [2.24, 2.45) is 0 Å². The highest BCUT2D eigenvalue weighted by molar-refractivity contribution is 7.92. The molecule has 1 aliphatic rings. The average molecular weight is 437 g/mol. The van der Waals surface area contributed by atoms with Crippen LogP contribution in [0.3, 0.4) is 0 Å². The van der Waals surface area contributed by atoms with Crippen LogP contribution in [0.25, 0.3) is 0 Å². The number of aryl methyl sites for hydroxylation is 2. The van der Waals surface area contributed by atoms with Gasteiger partial charge >= 0.3 is 5.97 Å². The van der Waals surface area contributed by atoms with Gasteiger partial charge in [0.15, 0.2) is 0 Å². The normalized spacial score (nSPS) is 13.5. The fourth-order valence-electron chi connectivity index (χ4n) is 3.73. The van der Waals surface area contributed by atoms with Crippen LogP contribution in [0.15, 0.2) is 78.0 Å². The second-order valence-electron chi connectivity index (χ2n) is 7.44. The average Bonchev–Trinajstić information content (AvgIpc) is 2.82. The quantitative estimate of drug-likeness (QED) is 0.413. The van der Waals surface area contributed by atoms with Crippen LogP contribution in [-0.2, 0) is 27.6 Å². The maximum Gasteiger partial charge on any atom is 0.338 e. The van der Waals surface area contributed by atoms with Crippen molar-refractivity contribution in [3.05, 3.63) is 89.7 Å². The molecule has 31 heavy (non-hydrogen) atoms. The van der Waals surface area contributed by atoms with Crippen LogP contribution < -0.4 is 4.31 Å². The molecule has 0 aliphatic carbocycles. The molecule has 0 atom stereocenters. The Kier molecular flexibility index (Phi) is 6.32. The van der Waals surface area contributed by atoms with Crippen LogP contribution in [-0.4, -0.2) is 32.5 Å². The maximum absolute atomic E-state index is 13.3. The number of para-hydroxylation sites is 1. The second-order valence-corrected chi connectivity index (χ2v) is 9.30. The summed E-state index contributed by atoms with van der Waals surface area (Å²) < 4.78 is 33.4. The molecule has 0 amide bonds. The topological polar surface area (TPSA) is 76.6 Å². The van der Waals surface area contributed by atoms with Gasteiger partial charge in [-0.1, -0.05) is 30.3 Å². The van der Waals surface area contributed by atoms with E-state index in [2.05, 4.69) is 4.98 Å². The van der Waals surface area contributed by atoms with Crippen molar-refractivity contribution in [1.29, 1.82) is 0 Å². The Balaban J connectivity index is 1.45. The number of carbonyl (C=O) groups is 1. The minimum Gasteiger partial charge on any atom is -0.462 e. The van der Waals surface area contributed by atoms with Crippen molar-refractivity contribution in [3.8, 4) is 0 Å². The van der Waals surface area contributed by atoms with Gasteiger partial charge in [-0.15, -0.1) is 0 Å². The van der Waals surface area contributed by atoms with E-state index in [0.29, 0.717) is 18.7 Å². The molecule has 0 spiro atoms. The van der Waals surface area contributed by atoms with Crippen molar-refractivity contribution in [2.45, 2.75) is 30.6 Å². The molecule has 1 aromatic heterocycles. The fourth-order valence-corrected chi connectivity index (χ4v) is 5.32. The number of carbonyl (C=O) groups excluding carboxylic acids is 1. The molecular formula is C24H24N2O4S. The Morgan fingerprint density at radius 2 is 1.94 bits per heavy atom. The number of benzene rings is 2. The smallest absolute Gasteiger partial charge is 0.338 e. The van der Waals surface area contributed by atoms with Gasteiger partial charge in [-0.3, -0.25) is 9.29 Å². The van der Waals surface area contributed by atoms with Gasteiger partial charge in [0.1, 0.15) is 0 Å². The molecule has 0 saturated carbocycles. The van der Waals surface area contributed by atoms with Crippen LogP contribution in [0.1, 0.15) is 34.3 Å². The number of anilines is 1. The molecule has 2 aromatic carbocycles. The number of aromatic nitrogens is 1. The molecular weight excluding hydrogens is 412 g/mol. The lowest BCUT2D eigenvalue weighted by atomic mass is 10.0. The first-order chi connectivity index (χ1) is 15.1. The number of esters is 1. The Bertz CT molecular complexity index is 1160. The number of hydrogen-bond donors (Lipinski definition) is 0. The summed E-state index contributed by atoms with van der Waals surface area (Å²) in [5.41, 5.74) is 3.03. The highest BCUT2D eigenvalue weighted by Gasteiger charge is 2.29. The predicted molar refractivity (Wildman–Crippen MR) is 119 cm³/mol. The summed E-state index contributed by atoms with van der Waals surface area (Å²) in [7, 11) is -3.77. The zero-order valence-corrected chi connectivity index (χ0v) is 17.9. The van der Waals surface area contributed by atoms with E-state index in [-0.39, 0.29) is 17.1 Å². The predicted octanol–water partition coefficient (Wildman–Crippen LogP) is 4.01. The van der Waals surface area contributed by atoms with Gasteiger partial charge in [0, 0.05) is 18.9 Å². The molecule has 160 valence electrons. The number of ether oxygens (including phenoxy) is 1. The van der Waals surface area contributed by atoms with E-state index >= 15 is 0 Å². The highest BCUT2D eigenvalue weighted by atomic mass is 32.2. The number of rotatable bonds is 7. The zero-order valence-electron chi connectivity index (χ0n) is 17.1. The first-order valence-corrected chi connectivity index (χ1v) is 11.8. The summed E-state index contributed by atoms with van der Waals surface area (Å²) in [4.78, 5) is 16.6. The Morgan fingerprint density at radius 1 is 1.06 bits per heavy atom. The van der Waals surface area contributed by atoms with Crippen molar-refractivity contribution in [1.82, 2.24) is 4.98 Å². The van der Waals surface area contributed by atoms with Gasteiger partial charge in [-0.2, -0.15) is 0 Å². The lowest BCUT2D eigenvalue weighted by Crippen LogP contribution is -2.35. The summed E-state index contributed by atoms with van der Waals surface area (Å²) in [5, 5.41) is 0. The zero-order chi connectivity index (χ0) is 21.7. The number of fused-ring (bicyclic) bond motifs is 1. The summed E-state index contributed by atoms with van der Waals surface area (Å²) in [6.45, 7) is 0.673. The van der Waals surface area contributed by atoms with Crippen molar-refractivity contribution >= 4 is 21.7 Å². The van der Waals surface area contributed by atoms with Gasteiger partial charge < -0.3 is 4.74 Å². The van der Waals surface area contributed by atoms with Gasteiger partial charge in [0.25, 0.3) is 10.0 Å². The van der Waals surface area contributed by atoms with Crippen molar-refractivity contribution < 1.29 is 17.9 Å². The molecule has 1 aliphatic heterocycles. The van der Waals surface area contributed by atoms with Gasteiger partial charge in [-0.05, 0) is 67.1 Å². The summed E-state index contributed by atoms with van der Waals surface area (Å²) in [6.07, 6.45) is 6.54. The number of sulfonamides is 1. The Hall–Kier alpha value is -3.19. The monoisotopic (exact) mass is 436 g/mol. The SMILES string of the molecule is O=C(OCCCc1cccnc1)c1cccc(S(=O)(=O)N2CCCc3ccccc32)c1. The minimum atomic E-state index is -3.77. The van der Waals surface area contributed by atoms with Gasteiger partial charge in [0.2, 0.25) is 0 Å². The highest BCUT2D eigenvalue weighted by Crippen LogP contribution is 2.32. The third-order valence-electron chi connectivity index (χ3n) is 5.29. The molecule has 2 heterocycles. The molecule has 3 aromatic rings. The van der Waals surface area contributed by atoms with E-state index in [1.165, 1.54) is 16.4 Å². The van der Waals surface area contributed by atoms with E-state index in [4.69, 9.17) is 4.74 Å². The van der Waals surface area contributed by atoms with Gasteiger partial charge in [0.05, 0.1) is 22.8 Å². The third kappa shape index (κ3) is 4.77. The summed E-state index contributed by atoms with van der Waals surface area (Å²) in [6, 6.07) is 17.5. The van der Waals surface area contributed by atoms with Crippen molar-refractivity contribution in [3.63, 3.8) is 0 Å². The van der Waals surface area contributed by atoms with Crippen molar-refractivity contribution in [2.75, 3.05) is 17.5 Å². The first-order valence-electron chi connectivity index (χ1n) is 10.3. The van der Waals surface area contributed by atoms with Crippen LogP contribution in [0.4, 0.5) is 5.69 Å². The standard InChI is InChI=1S/C24H24N2O4S/c27-24(30-16-6-8-19-7-4-14-25-18-19)21-10-3-12-22(17-21)31(28,29)26-15-5-11-20-9-1-2-13-23(20)26/h1-4,7,9-10,12-14,17-18H,5-6,8,11,15-16H2. The van der Waals surface area contributed by atoms with E-state index in [1.807, 2.05) is 36.4 Å². The molecule has 0 unspecified atom stereocenters. The summed E-state index contributed by atoms with van der Waals surface area (Å²) >= 11 is 0. The molecule has 0 fully saturated rings. The van der Waals surface area contributed by atoms with E-state index in [0.717, 1.165) is 30.4 Å². The molecule has 7 heteroatoms. The second kappa shape index (κ2) is 9.31. The molecule has 0 N–H and O–H groups in total. The van der Waals surface area contributed by atoms with Crippen LogP contribution >= 0.6 is 0 Å². The molecule has 4 rings (SSSR count). The molecule has 0 saturated heterocycles. The molecule has 6 nitrogen and oxygen atoms in total. The van der Waals surface area contributed by atoms with Crippen LogP contribution in [0.2, 0.25) is 0 Å². The Labute approximate surface area is 182 Å². The largest absolute Gasteiger partial charge is 0.462 e. The lowest BCUT2D eigenvalue weighted by molar-refractivity contribution is 0.0500. The number of pyridine rings is 1. The third-order valence-corrected chi connectivity index (χ3v) is 7.10. The first kappa shape index (κ1) is 21.1. The minimum absolute atomic E-state index is 0.0917. The lowest BCUT2D eigenvalue weighted by Gasteiger charge is -2.30. The van der Waals surface area contributed by atoms with Gasteiger partial charge in [-0.25, -0.2) is 13.2 Å². The number of hydrogen-bond acceptors (Lipinski definition) is 5. The maximum atomic E-state index is 13.3. The molecule has 0 bridgehead atoms. The number of nitrogens with zero attached hydrogens (tertiary/aromatic N) is 2. The summed E-state index contributed by atoms with van der Waals surface area (Å²) in [5.74, 6) is -0.526. The Morgan fingerprint density at radius 3 is 2.77 bits per heavy atom. The van der Waals surface area contributed by atoms with E-state index in [1.54, 1.807) is 24.5 Å². The van der Waals surface area contributed by atoms with E-state index < -0.39 is 16.0 Å². The fraction of sp³-hybridized carbons (Fsp3) is 0.250. The molecule has 0 radical (unpaired) electrons.